The van der Waals surface area contributed by atoms with Gasteiger partial charge in [-0.1, -0.05) is 50.0 Å². The molecule has 0 spiro atoms. The molecular formula is C15H21F2NO2Si. The number of carbonyl (C=O) groups excluding carboxylic acids is 2. The van der Waals surface area contributed by atoms with E-state index in [2.05, 4.69) is 5.32 Å². The molecule has 0 atom stereocenters. The van der Waals surface area contributed by atoms with E-state index in [1.165, 1.54) is 0 Å². The lowest BCUT2D eigenvalue weighted by Gasteiger charge is -2.20. The van der Waals surface area contributed by atoms with Crippen LogP contribution in [0.3, 0.4) is 0 Å². The summed E-state index contributed by atoms with van der Waals surface area (Å²) in [5.41, 5.74) is 0.796. The van der Waals surface area contributed by atoms with E-state index in [0.29, 0.717) is 0 Å². The van der Waals surface area contributed by atoms with Gasteiger partial charge in [0.15, 0.2) is 0 Å². The van der Waals surface area contributed by atoms with Crippen molar-refractivity contribution in [2.75, 3.05) is 6.17 Å². The van der Waals surface area contributed by atoms with Gasteiger partial charge in [0.1, 0.15) is 0 Å². The molecule has 1 amide bonds. The average Bonchev–Trinajstić information content (AvgIpc) is 2.42. The number of hydrogen-bond acceptors (Lipinski definition) is 2. The molecule has 0 aliphatic carbocycles. The van der Waals surface area contributed by atoms with Crippen molar-refractivity contribution in [1.82, 2.24) is 5.32 Å². The summed E-state index contributed by atoms with van der Waals surface area (Å²) in [7, 11) is -1.68. The van der Waals surface area contributed by atoms with Crippen LogP contribution in [0.4, 0.5) is 8.78 Å². The van der Waals surface area contributed by atoms with Gasteiger partial charge in [0.2, 0.25) is 5.78 Å². The van der Waals surface area contributed by atoms with Gasteiger partial charge in [-0.05, 0) is 12.0 Å². The van der Waals surface area contributed by atoms with Crippen molar-refractivity contribution in [2.45, 2.75) is 38.4 Å². The van der Waals surface area contributed by atoms with E-state index in [1.54, 1.807) is 24.3 Å². The first-order chi connectivity index (χ1) is 9.63. The van der Waals surface area contributed by atoms with Crippen LogP contribution in [-0.4, -0.2) is 31.9 Å². The molecule has 0 bridgehead atoms. The standard InChI is InChI=1S/C15H21F2NO2Si/c1-21(2,3)11-18-14(20)15(16,17)13(19)10-9-12-7-5-4-6-8-12/h4-8H,9-11H2,1-3H3,(H,18,20). The predicted octanol–water partition coefficient (Wildman–Crippen LogP) is 2.82. The van der Waals surface area contributed by atoms with Crippen LogP contribution < -0.4 is 5.32 Å². The monoisotopic (exact) mass is 313 g/mol. The first-order valence-corrected chi connectivity index (χ1v) is 10.6. The minimum Gasteiger partial charge on any atom is -0.353 e. The Morgan fingerprint density at radius 3 is 2.24 bits per heavy atom. The molecule has 1 rings (SSSR count). The lowest BCUT2D eigenvalue weighted by Crippen LogP contribution is -2.50. The molecule has 3 nitrogen and oxygen atoms in total. The van der Waals surface area contributed by atoms with E-state index in [1.807, 2.05) is 25.7 Å². The van der Waals surface area contributed by atoms with Crippen molar-refractivity contribution in [1.29, 1.82) is 0 Å². The van der Waals surface area contributed by atoms with Crippen molar-refractivity contribution in [3.63, 3.8) is 0 Å². The third-order valence-electron chi connectivity index (χ3n) is 2.90. The summed E-state index contributed by atoms with van der Waals surface area (Å²) in [6.07, 6.45) is 0.0847. The average molecular weight is 313 g/mol. The molecule has 0 saturated heterocycles. The zero-order chi connectivity index (χ0) is 16.1. The first-order valence-electron chi connectivity index (χ1n) is 6.86. The maximum Gasteiger partial charge on any atom is 0.381 e. The number of rotatable bonds is 7. The van der Waals surface area contributed by atoms with Gasteiger partial charge < -0.3 is 5.32 Å². The smallest absolute Gasteiger partial charge is 0.353 e. The Morgan fingerprint density at radius 1 is 1.14 bits per heavy atom. The summed E-state index contributed by atoms with van der Waals surface area (Å²) >= 11 is 0. The second kappa shape index (κ2) is 6.93. The van der Waals surface area contributed by atoms with Crippen LogP contribution in [0.1, 0.15) is 12.0 Å². The van der Waals surface area contributed by atoms with Crippen molar-refractivity contribution < 1.29 is 18.4 Å². The normalized spacial score (nSPS) is 12.0. The second-order valence-electron chi connectivity index (χ2n) is 6.23. The molecule has 0 fully saturated rings. The zero-order valence-electron chi connectivity index (χ0n) is 12.6. The number of benzene rings is 1. The number of carbonyl (C=O) groups is 2. The number of amides is 1. The van der Waals surface area contributed by atoms with Crippen molar-refractivity contribution in [3.8, 4) is 0 Å². The molecular weight excluding hydrogens is 292 g/mol. The Bertz CT molecular complexity index is 498. The molecule has 0 aliphatic heterocycles. The van der Waals surface area contributed by atoms with Crippen molar-refractivity contribution in [2.24, 2.45) is 0 Å². The molecule has 0 saturated carbocycles. The van der Waals surface area contributed by atoms with Gasteiger partial charge in [0.05, 0.1) is 8.07 Å². The van der Waals surface area contributed by atoms with Crippen molar-refractivity contribution in [3.05, 3.63) is 35.9 Å². The summed E-state index contributed by atoms with van der Waals surface area (Å²) in [6.45, 7) is 5.84. The maximum atomic E-state index is 13.7. The molecule has 21 heavy (non-hydrogen) atoms. The molecule has 0 unspecified atom stereocenters. The van der Waals surface area contributed by atoms with Crippen LogP contribution in [-0.2, 0) is 16.0 Å². The fourth-order valence-corrected chi connectivity index (χ4v) is 2.33. The molecule has 1 aromatic carbocycles. The number of ketones is 1. The highest BCUT2D eigenvalue weighted by Gasteiger charge is 2.46. The van der Waals surface area contributed by atoms with Gasteiger partial charge in [-0.2, -0.15) is 8.78 Å². The Hall–Kier alpha value is -1.56. The molecule has 0 heterocycles. The van der Waals surface area contributed by atoms with Gasteiger partial charge in [-0.15, -0.1) is 0 Å². The number of nitrogens with one attached hydrogen (secondary N) is 1. The largest absolute Gasteiger partial charge is 0.381 e. The Labute approximate surface area is 124 Å². The van der Waals surface area contributed by atoms with Crippen LogP contribution in [0.2, 0.25) is 19.6 Å². The van der Waals surface area contributed by atoms with E-state index in [4.69, 9.17) is 0 Å². The molecule has 6 heteroatoms. The highest BCUT2D eigenvalue weighted by molar-refractivity contribution is 6.76. The van der Waals surface area contributed by atoms with Gasteiger partial charge in [-0.3, -0.25) is 9.59 Å². The zero-order valence-corrected chi connectivity index (χ0v) is 13.6. The summed E-state index contributed by atoms with van der Waals surface area (Å²) < 4.78 is 27.5. The Balaban J connectivity index is 2.56. The van der Waals surface area contributed by atoms with Crippen molar-refractivity contribution >= 4 is 19.8 Å². The fourth-order valence-electron chi connectivity index (χ4n) is 1.64. The van der Waals surface area contributed by atoms with Crippen LogP contribution >= 0.6 is 0 Å². The van der Waals surface area contributed by atoms with Gasteiger partial charge in [-0.25, -0.2) is 0 Å². The topological polar surface area (TPSA) is 46.2 Å². The highest BCUT2D eigenvalue weighted by atomic mass is 28.3. The van der Waals surface area contributed by atoms with E-state index in [0.717, 1.165) is 5.56 Å². The maximum absolute atomic E-state index is 13.7. The van der Waals surface area contributed by atoms with E-state index >= 15 is 0 Å². The molecule has 1 aromatic rings. The summed E-state index contributed by atoms with van der Waals surface area (Å²) in [6, 6.07) is 8.88. The Morgan fingerprint density at radius 2 is 1.71 bits per heavy atom. The molecule has 0 radical (unpaired) electrons. The minimum absolute atomic E-state index is 0.205. The SMILES string of the molecule is C[Si](C)(C)CNC(=O)C(F)(F)C(=O)CCc1ccccc1. The summed E-state index contributed by atoms with van der Waals surface area (Å²) in [5, 5.41) is 2.19. The van der Waals surface area contributed by atoms with Gasteiger partial charge >= 0.3 is 5.92 Å². The van der Waals surface area contributed by atoms with Crippen LogP contribution in [0.15, 0.2) is 30.3 Å². The van der Waals surface area contributed by atoms with Gasteiger partial charge in [0.25, 0.3) is 5.91 Å². The van der Waals surface area contributed by atoms with E-state index in [9.17, 15) is 18.4 Å². The van der Waals surface area contributed by atoms with Crippen LogP contribution in [0.25, 0.3) is 0 Å². The van der Waals surface area contributed by atoms with Crippen LogP contribution in [0, 0.1) is 0 Å². The molecule has 1 N–H and O–H groups in total. The summed E-state index contributed by atoms with van der Waals surface area (Å²) in [5.74, 6) is -6.77. The number of alkyl halides is 2. The number of hydrogen-bond donors (Lipinski definition) is 1. The quantitative estimate of drug-likeness (QED) is 0.621. The fraction of sp³-hybridized carbons (Fsp3) is 0.467. The summed E-state index contributed by atoms with van der Waals surface area (Å²) in [4.78, 5) is 23.1. The lowest BCUT2D eigenvalue weighted by molar-refractivity contribution is -0.158. The first kappa shape index (κ1) is 17.5. The molecule has 0 aliphatic rings. The third kappa shape index (κ3) is 5.75. The van der Waals surface area contributed by atoms with E-state index in [-0.39, 0.29) is 19.0 Å². The van der Waals surface area contributed by atoms with Crippen LogP contribution in [0.5, 0.6) is 0 Å². The number of halogens is 2. The highest BCUT2D eigenvalue weighted by Crippen LogP contribution is 2.19. The second-order valence-corrected chi connectivity index (χ2v) is 11.7. The molecule has 0 aromatic heterocycles. The number of Topliss-reactive ketones (excluding diaryl/α,β-unsaturated/α-hetero) is 1. The van der Waals surface area contributed by atoms with E-state index < -0.39 is 25.7 Å². The van der Waals surface area contributed by atoms with Gasteiger partial charge in [0, 0.05) is 12.6 Å². The predicted molar refractivity (Wildman–Crippen MR) is 81.1 cm³/mol. The number of aryl methyl sites for hydroxylation is 1. The minimum atomic E-state index is -3.95. The third-order valence-corrected chi connectivity index (χ3v) is 4.14. The Kier molecular flexibility index (Phi) is 5.77. The molecule has 116 valence electrons. The lowest BCUT2D eigenvalue weighted by atomic mass is 10.0.